The maximum Gasteiger partial charge on any atom is 0.335 e. The fourth-order valence-corrected chi connectivity index (χ4v) is 1.30. The summed E-state index contributed by atoms with van der Waals surface area (Å²) < 4.78 is 0. The molecule has 84 valence electrons. The van der Waals surface area contributed by atoms with Gasteiger partial charge in [-0.15, -0.1) is 6.58 Å². The largest absolute Gasteiger partial charge is 0.478 e. The number of amides is 1. The Morgan fingerprint density at radius 2 is 2.06 bits per heavy atom. The van der Waals surface area contributed by atoms with Gasteiger partial charge < -0.3 is 10.4 Å². The zero-order valence-corrected chi connectivity index (χ0v) is 8.77. The van der Waals surface area contributed by atoms with Gasteiger partial charge in [0.15, 0.2) is 0 Å². The molecule has 4 heteroatoms. The smallest absolute Gasteiger partial charge is 0.335 e. The highest BCUT2D eigenvalue weighted by Gasteiger charge is 2.11. The number of rotatable bonds is 5. The van der Waals surface area contributed by atoms with Gasteiger partial charge in [0, 0.05) is 6.54 Å². The molecule has 0 saturated heterocycles. The fraction of sp³-hybridized carbons (Fsp3) is 0.167. The highest BCUT2D eigenvalue weighted by atomic mass is 16.4. The number of carbonyl (C=O) groups is 2. The minimum absolute atomic E-state index is 0.0658. The second-order valence-corrected chi connectivity index (χ2v) is 3.23. The van der Waals surface area contributed by atoms with Crippen LogP contribution in [0.15, 0.2) is 36.9 Å². The average molecular weight is 219 g/mol. The van der Waals surface area contributed by atoms with Crippen LogP contribution in [0.3, 0.4) is 0 Å². The van der Waals surface area contributed by atoms with Crippen LogP contribution >= 0.6 is 0 Å². The number of carboxylic acids is 1. The minimum Gasteiger partial charge on any atom is -0.478 e. The molecule has 1 aromatic carbocycles. The first-order valence-corrected chi connectivity index (χ1v) is 4.84. The van der Waals surface area contributed by atoms with Crippen LogP contribution in [0.5, 0.6) is 0 Å². The van der Waals surface area contributed by atoms with Crippen molar-refractivity contribution in [3.05, 3.63) is 48.0 Å². The molecule has 16 heavy (non-hydrogen) atoms. The Hall–Kier alpha value is -2.10. The maximum absolute atomic E-state index is 11.4. The summed E-state index contributed by atoms with van der Waals surface area (Å²) in [6.07, 6.45) is 1.64. The van der Waals surface area contributed by atoms with E-state index >= 15 is 0 Å². The third-order valence-electron chi connectivity index (χ3n) is 2.04. The molecule has 1 rings (SSSR count). The first kappa shape index (κ1) is 12.0. The highest BCUT2D eigenvalue weighted by molar-refractivity contribution is 5.91. The Morgan fingerprint density at radius 1 is 1.38 bits per heavy atom. The average Bonchev–Trinajstić information content (AvgIpc) is 2.27. The SMILES string of the molecule is C=CCNC(=O)Cc1ccccc1C(=O)O. The van der Waals surface area contributed by atoms with Crippen molar-refractivity contribution in [2.24, 2.45) is 0 Å². The van der Waals surface area contributed by atoms with Crippen molar-refractivity contribution in [2.75, 3.05) is 6.54 Å². The fourth-order valence-electron chi connectivity index (χ4n) is 1.30. The molecule has 0 aliphatic carbocycles. The van der Waals surface area contributed by atoms with Crippen LogP contribution < -0.4 is 5.32 Å². The molecule has 2 N–H and O–H groups in total. The lowest BCUT2D eigenvalue weighted by atomic mass is 10.0. The summed E-state index contributed by atoms with van der Waals surface area (Å²) in [7, 11) is 0. The number of hydrogen-bond donors (Lipinski definition) is 2. The summed E-state index contributed by atoms with van der Waals surface area (Å²) in [5, 5.41) is 11.5. The van der Waals surface area contributed by atoms with Crippen molar-refractivity contribution in [3.63, 3.8) is 0 Å². The summed E-state index contributed by atoms with van der Waals surface area (Å²) in [4.78, 5) is 22.3. The third kappa shape index (κ3) is 3.24. The lowest BCUT2D eigenvalue weighted by Crippen LogP contribution is -2.25. The molecule has 1 amide bonds. The Balaban J connectivity index is 2.76. The van der Waals surface area contributed by atoms with Crippen LogP contribution in [-0.2, 0) is 11.2 Å². The monoisotopic (exact) mass is 219 g/mol. The van der Waals surface area contributed by atoms with E-state index < -0.39 is 5.97 Å². The van der Waals surface area contributed by atoms with Crippen LogP contribution in [0.1, 0.15) is 15.9 Å². The molecule has 0 saturated carbocycles. The second kappa shape index (κ2) is 5.70. The van der Waals surface area contributed by atoms with Crippen molar-refractivity contribution in [3.8, 4) is 0 Å². The summed E-state index contributed by atoms with van der Waals surface area (Å²) >= 11 is 0. The van der Waals surface area contributed by atoms with Crippen LogP contribution in [0.25, 0.3) is 0 Å². The third-order valence-corrected chi connectivity index (χ3v) is 2.04. The van der Waals surface area contributed by atoms with Gasteiger partial charge in [-0.05, 0) is 11.6 Å². The van der Waals surface area contributed by atoms with E-state index in [4.69, 9.17) is 5.11 Å². The molecule has 0 spiro atoms. The Kier molecular flexibility index (Phi) is 4.27. The van der Waals surface area contributed by atoms with E-state index in [9.17, 15) is 9.59 Å². The van der Waals surface area contributed by atoms with Crippen molar-refractivity contribution in [1.29, 1.82) is 0 Å². The predicted octanol–water partition coefficient (Wildman–Crippen LogP) is 1.23. The topological polar surface area (TPSA) is 66.4 Å². The summed E-state index contributed by atoms with van der Waals surface area (Å²) in [6.45, 7) is 3.86. The molecule has 0 fully saturated rings. The molecular formula is C12H13NO3. The second-order valence-electron chi connectivity index (χ2n) is 3.23. The maximum atomic E-state index is 11.4. The predicted molar refractivity (Wildman–Crippen MR) is 60.3 cm³/mol. The summed E-state index contributed by atoms with van der Waals surface area (Å²) in [6, 6.07) is 6.46. The van der Waals surface area contributed by atoms with E-state index in [2.05, 4.69) is 11.9 Å². The number of nitrogens with one attached hydrogen (secondary N) is 1. The van der Waals surface area contributed by atoms with Gasteiger partial charge >= 0.3 is 5.97 Å². The summed E-state index contributed by atoms with van der Waals surface area (Å²) in [5.74, 6) is -1.24. The van der Waals surface area contributed by atoms with Crippen LogP contribution in [-0.4, -0.2) is 23.5 Å². The molecule has 0 atom stereocenters. The highest BCUT2D eigenvalue weighted by Crippen LogP contribution is 2.09. The van der Waals surface area contributed by atoms with Gasteiger partial charge in [0.05, 0.1) is 12.0 Å². The number of benzene rings is 1. The van der Waals surface area contributed by atoms with Gasteiger partial charge in [-0.2, -0.15) is 0 Å². The molecule has 0 aromatic heterocycles. The van der Waals surface area contributed by atoms with E-state index in [0.29, 0.717) is 12.1 Å². The molecule has 0 aliphatic rings. The van der Waals surface area contributed by atoms with E-state index in [1.807, 2.05) is 0 Å². The standard InChI is InChI=1S/C12H13NO3/c1-2-7-13-11(14)8-9-5-3-4-6-10(9)12(15)16/h2-6H,1,7-8H2,(H,13,14)(H,15,16). The Morgan fingerprint density at radius 3 is 2.69 bits per heavy atom. The van der Waals surface area contributed by atoms with Crippen LogP contribution in [0.4, 0.5) is 0 Å². The summed E-state index contributed by atoms with van der Waals surface area (Å²) in [5.41, 5.74) is 0.674. The van der Waals surface area contributed by atoms with Gasteiger partial charge in [-0.3, -0.25) is 4.79 Å². The quantitative estimate of drug-likeness (QED) is 0.732. The molecule has 0 unspecified atom stereocenters. The normalized spacial score (nSPS) is 9.50. The van der Waals surface area contributed by atoms with E-state index in [1.165, 1.54) is 6.07 Å². The number of aromatic carboxylic acids is 1. The molecule has 4 nitrogen and oxygen atoms in total. The van der Waals surface area contributed by atoms with Crippen molar-refractivity contribution in [1.82, 2.24) is 5.32 Å². The lowest BCUT2D eigenvalue weighted by molar-refractivity contribution is -0.120. The molecule has 0 heterocycles. The van der Waals surface area contributed by atoms with Crippen molar-refractivity contribution in [2.45, 2.75) is 6.42 Å². The molecule has 0 aliphatic heterocycles. The van der Waals surface area contributed by atoms with Gasteiger partial charge in [0.25, 0.3) is 0 Å². The van der Waals surface area contributed by atoms with Gasteiger partial charge in [0.2, 0.25) is 5.91 Å². The minimum atomic E-state index is -1.02. The molecule has 1 aromatic rings. The first-order valence-electron chi connectivity index (χ1n) is 4.84. The number of carboxylic acid groups (broad SMARTS) is 1. The Bertz CT molecular complexity index is 412. The zero-order valence-electron chi connectivity index (χ0n) is 8.77. The zero-order chi connectivity index (χ0) is 12.0. The van der Waals surface area contributed by atoms with E-state index in [0.717, 1.165) is 0 Å². The Labute approximate surface area is 93.6 Å². The lowest BCUT2D eigenvalue weighted by Gasteiger charge is -2.05. The van der Waals surface area contributed by atoms with Crippen LogP contribution in [0.2, 0.25) is 0 Å². The first-order chi connectivity index (χ1) is 7.65. The van der Waals surface area contributed by atoms with E-state index in [-0.39, 0.29) is 17.9 Å². The van der Waals surface area contributed by atoms with Crippen molar-refractivity contribution < 1.29 is 14.7 Å². The van der Waals surface area contributed by atoms with Crippen molar-refractivity contribution >= 4 is 11.9 Å². The van der Waals surface area contributed by atoms with E-state index in [1.54, 1.807) is 24.3 Å². The van der Waals surface area contributed by atoms with Gasteiger partial charge in [-0.1, -0.05) is 24.3 Å². The molecule has 0 bridgehead atoms. The number of carbonyl (C=O) groups excluding carboxylic acids is 1. The van der Waals surface area contributed by atoms with Gasteiger partial charge in [-0.25, -0.2) is 4.79 Å². The molecule has 0 radical (unpaired) electrons. The van der Waals surface area contributed by atoms with Gasteiger partial charge in [0.1, 0.15) is 0 Å². The van der Waals surface area contributed by atoms with Crippen LogP contribution in [0, 0.1) is 0 Å². The molecular weight excluding hydrogens is 206 g/mol. The number of hydrogen-bond acceptors (Lipinski definition) is 2.